The lowest BCUT2D eigenvalue weighted by molar-refractivity contribution is 0.191. The molecule has 2 N–H and O–H groups in total. The van der Waals surface area contributed by atoms with Crippen molar-refractivity contribution in [1.29, 1.82) is 0 Å². The Balaban J connectivity index is 0.00000161. The maximum Gasteiger partial charge on any atom is 0.243 e. The van der Waals surface area contributed by atoms with Crippen molar-refractivity contribution in [3.05, 3.63) is 41.5 Å². The molecule has 0 unspecified atom stereocenters. The minimum atomic E-state index is -0.336. The van der Waals surface area contributed by atoms with Crippen LogP contribution >= 0.6 is 12.4 Å². The van der Waals surface area contributed by atoms with E-state index in [1.165, 1.54) is 0 Å². The van der Waals surface area contributed by atoms with Gasteiger partial charge in [-0.3, -0.25) is 0 Å². The molecule has 21 heavy (non-hydrogen) atoms. The fourth-order valence-corrected chi connectivity index (χ4v) is 2.31. The van der Waals surface area contributed by atoms with Gasteiger partial charge in [0.2, 0.25) is 5.89 Å². The normalized spacial score (nSPS) is 21.0. The third-order valence-corrected chi connectivity index (χ3v) is 3.41. The summed E-state index contributed by atoms with van der Waals surface area (Å²) in [5.74, 6) is 2.02. The maximum atomic E-state index is 9.49. The van der Waals surface area contributed by atoms with Crippen molar-refractivity contribution in [1.82, 2.24) is 15.5 Å². The predicted molar refractivity (Wildman–Crippen MR) is 78.7 cm³/mol. The second kappa shape index (κ2) is 6.89. The van der Waals surface area contributed by atoms with Crippen LogP contribution in [0.15, 0.2) is 28.8 Å². The number of hydrogen-bond donors (Lipinski definition) is 2. The molecule has 2 heterocycles. The molecular formula is C14H18ClN3O3. The summed E-state index contributed by atoms with van der Waals surface area (Å²) in [5.41, 5.74) is 1.09. The third-order valence-electron chi connectivity index (χ3n) is 3.41. The van der Waals surface area contributed by atoms with Crippen molar-refractivity contribution in [2.75, 3.05) is 13.7 Å². The van der Waals surface area contributed by atoms with Crippen LogP contribution < -0.4 is 10.1 Å². The van der Waals surface area contributed by atoms with Gasteiger partial charge in [-0.1, -0.05) is 17.3 Å². The zero-order valence-electron chi connectivity index (χ0n) is 11.7. The van der Waals surface area contributed by atoms with E-state index in [1.807, 2.05) is 24.3 Å². The molecule has 2 atom stereocenters. The van der Waals surface area contributed by atoms with E-state index in [4.69, 9.17) is 9.26 Å². The van der Waals surface area contributed by atoms with Crippen LogP contribution in [0.3, 0.4) is 0 Å². The molecule has 114 valence electrons. The Morgan fingerprint density at radius 2 is 2.14 bits per heavy atom. The first-order chi connectivity index (χ1) is 9.74. The van der Waals surface area contributed by atoms with E-state index in [2.05, 4.69) is 15.5 Å². The molecule has 6 nitrogen and oxygen atoms in total. The summed E-state index contributed by atoms with van der Waals surface area (Å²) >= 11 is 0. The maximum absolute atomic E-state index is 9.49. The number of aliphatic hydroxyl groups is 1. The van der Waals surface area contributed by atoms with Crippen molar-refractivity contribution >= 4 is 12.4 Å². The van der Waals surface area contributed by atoms with Crippen LogP contribution in [0.2, 0.25) is 0 Å². The molecule has 1 aliphatic rings. The summed E-state index contributed by atoms with van der Waals surface area (Å²) in [6, 6.07) is 7.73. The second-order valence-electron chi connectivity index (χ2n) is 4.92. The molecule has 0 saturated carbocycles. The van der Waals surface area contributed by atoms with Gasteiger partial charge in [-0.05, 0) is 24.1 Å². The highest BCUT2D eigenvalue weighted by Crippen LogP contribution is 2.22. The number of methoxy groups -OCH3 is 1. The molecule has 1 fully saturated rings. The molecule has 0 spiro atoms. The second-order valence-corrected chi connectivity index (χ2v) is 4.92. The number of ether oxygens (including phenoxy) is 1. The molecule has 1 aromatic carbocycles. The fraction of sp³-hybridized carbons (Fsp3) is 0.429. The summed E-state index contributed by atoms with van der Waals surface area (Å²) in [5, 5.41) is 16.6. The van der Waals surface area contributed by atoms with Gasteiger partial charge in [0.15, 0.2) is 5.82 Å². The van der Waals surface area contributed by atoms with Crippen LogP contribution in [0.1, 0.15) is 29.7 Å². The number of aromatic nitrogens is 2. The number of rotatable bonds is 4. The van der Waals surface area contributed by atoms with Crippen LogP contribution in [0.5, 0.6) is 5.75 Å². The lowest BCUT2D eigenvalue weighted by atomic mass is 10.1. The lowest BCUT2D eigenvalue weighted by Gasteiger charge is -2.02. The number of β-amino-alcohol motifs (C(OH)–C–C–N with tert-alkyl or cyclic N) is 1. The van der Waals surface area contributed by atoms with Crippen LogP contribution in [0.4, 0.5) is 0 Å². The van der Waals surface area contributed by atoms with E-state index in [0.29, 0.717) is 31.1 Å². The summed E-state index contributed by atoms with van der Waals surface area (Å²) in [4.78, 5) is 4.38. The van der Waals surface area contributed by atoms with Gasteiger partial charge in [0, 0.05) is 13.0 Å². The van der Waals surface area contributed by atoms with Gasteiger partial charge in [0.05, 0.1) is 19.3 Å². The molecule has 1 saturated heterocycles. The summed E-state index contributed by atoms with van der Waals surface area (Å²) in [6.45, 7) is 0.570. The zero-order valence-corrected chi connectivity index (χ0v) is 12.5. The lowest BCUT2D eigenvalue weighted by Crippen LogP contribution is -2.15. The Bertz CT molecular complexity index is 573. The number of hydrogen-bond acceptors (Lipinski definition) is 6. The first-order valence-corrected chi connectivity index (χ1v) is 6.61. The summed E-state index contributed by atoms with van der Waals surface area (Å²) in [6.07, 6.45) is 0.893. The molecule has 7 heteroatoms. The van der Waals surface area contributed by atoms with E-state index in [-0.39, 0.29) is 24.6 Å². The smallest absolute Gasteiger partial charge is 0.243 e. The van der Waals surface area contributed by atoms with Crippen LogP contribution in [-0.4, -0.2) is 35.0 Å². The average molecular weight is 312 g/mol. The van der Waals surface area contributed by atoms with Gasteiger partial charge in [0.25, 0.3) is 0 Å². The molecule has 3 rings (SSSR count). The summed E-state index contributed by atoms with van der Waals surface area (Å²) < 4.78 is 10.4. The number of nitrogens with one attached hydrogen (secondary N) is 1. The number of benzene rings is 1. The quantitative estimate of drug-likeness (QED) is 0.890. The van der Waals surface area contributed by atoms with Crippen molar-refractivity contribution in [2.45, 2.75) is 25.0 Å². The highest BCUT2D eigenvalue weighted by atomic mass is 35.5. The molecule has 0 aliphatic carbocycles. The van der Waals surface area contributed by atoms with Crippen LogP contribution in [0.25, 0.3) is 0 Å². The Hall–Kier alpha value is -1.63. The molecule has 1 aliphatic heterocycles. The Morgan fingerprint density at radius 3 is 2.76 bits per heavy atom. The minimum Gasteiger partial charge on any atom is -0.497 e. The van der Waals surface area contributed by atoms with Crippen molar-refractivity contribution in [3.63, 3.8) is 0 Å². The predicted octanol–water partition coefficient (Wildman–Crippen LogP) is 1.49. The van der Waals surface area contributed by atoms with Crippen molar-refractivity contribution in [2.24, 2.45) is 0 Å². The minimum absolute atomic E-state index is 0. The van der Waals surface area contributed by atoms with Crippen molar-refractivity contribution in [3.8, 4) is 5.75 Å². The van der Waals surface area contributed by atoms with Gasteiger partial charge in [-0.2, -0.15) is 4.98 Å². The standard InChI is InChI=1S/C14H17N3O3.ClH/c1-19-11-4-2-9(3-5-11)6-13-16-14(20-17-13)12-7-10(18)8-15-12;/h2-5,10,12,15,18H,6-8H2,1H3;1H/t10-,12+;/m0./s1. The highest BCUT2D eigenvalue weighted by Gasteiger charge is 2.27. The van der Waals surface area contributed by atoms with Crippen molar-refractivity contribution < 1.29 is 14.4 Å². The van der Waals surface area contributed by atoms with Gasteiger partial charge in [0.1, 0.15) is 5.75 Å². The van der Waals surface area contributed by atoms with Crippen LogP contribution in [0, 0.1) is 0 Å². The fourth-order valence-electron chi connectivity index (χ4n) is 2.31. The number of nitrogens with zero attached hydrogens (tertiary/aromatic N) is 2. The Labute approximate surface area is 128 Å². The SMILES string of the molecule is COc1ccc(Cc2noc([C@H]3C[C@H](O)CN3)n2)cc1.Cl. The van der Waals surface area contributed by atoms with Gasteiger partial charge >= 0.3 is 0 Å². The van der Waals surface area contributed by atoms with Gasteiger partial charge in [-0.15, -0.1) is 12.4 Å². The number of aliphatic hydroxyl groups excluding tert-OH is 1. The van der Waals surface area contributed by atoms with E-state index in [0.717, 1.165) is 11.3 Å². The molecule has 0 bridgehead atoms. The van der Waals surface area contributed by atoms with Gasteiger partial charge in [-0.25, -0.2) is 0 Å². The highest BCUT2D eigenvalue weighted by molar-refractivity contribution is 5.85. The molecule has 2 aromatic rings. The Morgan fingerprint density at radius 1 is 1.38 bits per heavy atom. The largest absolute Gasteiger partial charge is 0.497 e. The molecule has 0 amide bonds. The first kappa shape index (κ1) is 15.8. The zero-order chi connectivity index (χ0) is 13.9. The van der Waals surface area contributed by atoms with Gasteiger partial charge < -0.3 is 19.7 Å². The summed E-state index contributed by atoms with van der Waals surface area (Å²) in [7, 11) is 1.64. The van der Waals surface area contributed by atoms with Crippen LogP contribution in [-0.2, 0) is 6.42 Å². The molecule has 0 radical (unpaired) electrons. The topological polar surface area (TPSA) is 80.4 Å². The Kier molecular flexibility index (Phi) is 5.17. The van der Waals surface area contributed by atoms with E-state index in [9.17, 15) is 5.11 Å². The molecular weight excluding hydrogens is 294 g/mol. The number of halogens is 1. The monoisotopic (exact) mass is 311 g/mol. The average Bonchev–Trinajstić information content (AvgIpc) is 3.09. The molecule has 1 aromatic heterocycles. The third kappa shape index (κ3) is 3.72. The van der Waals surface area contributed by atoms with E-state index in [1.54, 1.807) is 7.11 Å². The van der Waals surface area contributed by atoms with E-state index >= 15 is 0 Å². The van der Waals surface area contributed by atoms with E-state index < -0.39 is 0 Å². The first-order valence-electron chi connectivity index (χ1n) is 6.61.